The molecule has 2 aliphatic rings. The molecule has 6 nitrogen and oxygen atoms in total. The molecule has 0 saturated heterocycles. The van der Waals surface area contributed by atoms with Crippen LogP contribution >= 0.6 is 23.5 Å². The molecule has 3 aromatic rings. The summed E-state index contributed by atoms with van der Waals surface area (Å²) < 4.78 is 2.04. The summed E-state index contributed by atoms with van der Waals surface area (Å²) in [6.45, 7) is 0. The average molecular weight is 380 g/mol. The summed E-state index contributed by atoms with van der Waals surface area (Å²) in [5.74, 6) is -0.121. The standard InChI is InChI=1S/C18H12N4O2S2/c23-17(24)13-8-6-12(7-9-13)16-21-14(10-25-16)26-18-20-19-15(22(18)21)11-4-2-1-3-5-11/h1-10,16H,(H,23,24)/t16-/m0/s1. The zero-order valence-corrected chi connectivity index (χ0v) is 14.9. The Hall–Kier alpha value is -2.71. The van der Waals surface area contributed by atoms with E-state index >= 15 is 0 Å². The number of carbonyl (C=O) groups is 1. The summed E-state index contributed by atoms with van der Waals surface area (Å²) in [7, 11) is 0. The third-order valence-electron chi connectivity index (χ3n) is 4.24. The fourth-order valence-electron chi connectivity index (χ4n) is 3.02. The van der Waals surface area contributed by atoms with Crippen molar-refractivity contribution < 1.29 is 9.90 Å². The molecule has 8 heteroatoms. The predicted octanol–water partition coefficient (Wildman–Crippen LogP) is 3.93. The highest BCUT2D eigenvalue weighted by Crippen LogP contribution is 2.51. The summed E-state index contributed by atoms with van der Waals surface area (Å²) in [4.78, 5) is 11.1. The number of carboxylic acids is 1. The van der Waals surface area contributed by atoms with Crippen LogP contribution in [0, 0.1) is 0 Å². The van der Waals surface area contributed by atoms with Crippen LogP contribution in [0.15, 0.2) is 70.2 Å². The van der Waals surface area contributed by atoms with E-state index in [4.69, 9.17) is 5.11 Å². The fraction of sp³-hybridized carbons (Fsp3) is 0.0556. The van der Waals surface area contributed by atoms with E-state index in [1.54, 1.807) is 35.7 Å². The van der Waals surface area contributed by atoms with E-state index in [0.717, 1.165) is 27.1 Å². The van der Waals surface area contributed by atoms with E-state index in [9.17, 15) is 4.79 Å². The molecule has 3 heterocycles. The minimum Gasteiger partial charge on any atom is -0.478 e. The fourth-order valence-corrected chi connectivity index (χ4v) is 5.25. The molecule has 0 aliphatic carbocycles. The zero-order valence-electron chi connectivity index (χ0n) is 13.3. The molecule has 1 atom stereocenters. The Kier molecular flexibility index (Phi) is 3.54. The summed E-state index contributed by atoms with van der Waals surface area (Å²) >= 11 is 3.28. The largest absolute Gasteiger partial charge is 0.478 e. The number of thioether (sulfide) groups is 2. The van der Waals surface area contributed by atoms with Crippen LogP contribution in [-0.4, -0.2) is 25.9 Å². The number of hydrogen-bond donors (Lipinski definition) is 1. The Labute approximate surface area is 157 Å². The van der Waals surface area contributed by atoms with E-state index < -0.39 is 5.97 Å². The molecular formula is C18H12N4O2S2. The highest BCUT2D eigenvalue weighted by Gasteiger charge is 2.39. The van der Waals surface area contributed by atoms with Crippen LogP contribution in [0.3, 0.4) is 0 Å². The first kappa shape index (κ1) is 15.5. The van der Waals surface area contributed by atoms with E-state index in [1.165, 1.54) is 0 Å². The topological polar surface area (TPSA) is 71.2 Å². The van der Waals surface area contributed by atoms with Crippen LogP contribution in [0.1, 0.15) is 21.3 Å². The molecule has 1 N–H and O–H groups in total. The van der Waals surface area contributed by atoms with Crippen molar-refractivity contribution in [2.45, 2.75) is 10.5 Å². The van der Waals surface area contributed by atoms with Crippen molar-refractivity contribution >= 4 is 29.5 Å². The molecule has 0 saturated carbocycles. The van der Waals surface area contributed by atoms with Gasteiger partial charge in [0.05, 0.1) is 5.56 Å². The van der Waals surface area contributed by atoms with Gasteiger partial charge < -0.3 is 5.11 Å². The monoisotopic (exact) mass is 380 g/mol. The zero-order chi connectivity index (χ0) is 17.7. The van der Waals surface area contributed by atoms with Crippen molar-refractivity contribution in [3.63, 3.8) is 0 Å². The van der Waals surface area contributed by atoms with Crippen molar-refractivity contribution in [3.8, 4) is 11.4 Å². The summed E-state index contributed by atoms with van der Waals surface area (Å²) in [5, 5.41) is 24.0. The number of benzene rings is 2. The molecule has 2 aliphatic heterocycles. The van der Waals surface area contributed by atoms with Crippen molar-refractivity contribution in [2.24, 2.45) is 0 Å². The number of carboxylic acid groups (broad SMARTS) is 1. The van der Waals surface area contributed by atoms with Gasteiger partial charge in [0.15, 0.2) is 5.82 Å². The van der Waals surface area contributed by atoms with Gasteiger partial charge in [-0.05, 0) is 29.5 Å². The van der Waals surface area contributed by atoms with E-state index in [-0.39, 0.29) is 10.9 Å². The van der Waals surface area contributed by atoms with E-state index in [2.05, 4.69) is 20.6 Å². The van der Waals surface area contributed by atoms with Crippen LogP contribution in [0.5, 0.6) is 0 Å². The first-order valence-corrected chi connectivity index (χ1v) is 9.65. The highest BCUT2D eigenvalue weighted by molar-refractivity contribution is 8.07. The van der Waals surface area contributed by atoms with Crippen LogP contribution < -0.4 is 5.01 Å². The van der Waals surface area contributed by atoms with E-state index in [0.29, 0.717) is 0 Å². The molecule has 1 aromatic heterocycles. The minimum atomic E-state index is -0.918. The van der Waals surface area contributed by atoms with Gasteiger partial charge in [-0.2, -0.15) is 0 Å². The number of nitrogens with zero attached hydrogens (tertiary/aromatic N) is 4. The summed E-state index contributed by atoms with van der Waals surface area (Å²) in [5.41, 5.74) is 2.33. The average Bonchev–Trinajstić information content (AvgIpc) is 3.33. The SMILES string of the molecule is O=C(O)c1ccc([C@@H]2SC=C3Sc4nnc(-c5ccccc5)n4N32)cc1. The van der Waals surface area contributed by atoms with Crippen LogP contribution in [0.25, 0.3) is 11.4 Å². The number of hydrogen-bond acceptors (Lipinski definition) is 6. The maximum Gasteiger partial charge on any atom is 0.335 e. The van der Waals surface area contributed by atoms with Crippen molar-refractivity contribution in [2.75, 3.05) is 5.01 Å². The van der Waals surface area contributed by atoms with Gasteiger partial charge in [0.25, 0.3) is 0 Å². The molecule has 128 valence electrons. The predicted molar refractivity (Wildman–Crippen MR) is 101 cm³/mol. The summed E-state index contributed by atoms with van der Waals surface area (Å²) in [6.07, 6.45) is 0. The molecule has 0 fully saturated rings. The molecule has 5 rings (SSSR count). The van der Waals surface area contributed by atoms with Gasteiger partial charge in [-0.15, -0.1) is 10.2 Å². The van der Waals surface area contributed by atoms with Gasteiger partial charge in [-0.1, -0.05) is 54.2 Å². The van der Waals surface area contributed by atoms with Crippen molar-refractivity contribution in [1.29, 1.82) is 0 Å². The van der Waals surface area contributed by atoms with Crippen molar-refractivity contribution in [1.82, 2.24) is 14.9 Å². The van der Waals surface area contributed by atoms with Gasteiger partial charge in [0.1, 0.15) is 10.4 Å². The summed E-state index contributed by atoms with van der Waals surface area (Å²) in [6, 6.07) is 17.0. The van der Waals surface area contributed by atoms with Gasteiger partial charge in [-0.3, -0.25) is 5.01 Å². The maximum absolute atomic E-state index is 11.1. The quantitative estimate of drug-likeness (QED) is 0.738. The van der Waals surface area contributed by atoms with Gasteiger partial charge >= 0.3 is 5.97 Å². The van der Waals surface area contributed by atoms with Gasteiger partial charge in [-0.25, -0.2) is 9.47 Å². The van der Waals surface area contributed by atoms with Crippen LogP contribution in [0.2, 0.25) is 0 Å². The third kappa shape index (κ3) is 2.33. The first-order chi connectivity index (χ1) is 12.7. The van der Waals surface area contributed by atoms with Crippen LogP contribution in [-0.2, 0) is 0 Å². The Morgan fingerprint density at radius 2 is 1.81 bits per heavy atom. The lowest BCUT2D eigenvalue weighted by Gasteiger charge is -2.26. The molecular weight excluding hydrogens is 368 g/mol. The number of fused-ring (bicyclic) bond motifs is 3. The second-order valence-corrected chi connectivity index (χ2v) is 7.74. The van der Waals surface area contributed by atoms with E-state index in [1.807, 2.05) is 47.1 Å². The number of aromatic nitrogens is 3. The maximum atomic E-state index is 11.1. The minimum absolute atomic E-state index is 0.0139. The lowest BCUT2D eigenvalue weighted by molar-refractivity contribution is 0.0697. The lowest BCUT2D eigenvalue weighted by atomic mass is 10.1. The Balaban J connectivity index is 1.56. The second-order valence-electron chi connectivity index (χ2n) is 5.80. The Bertz CT molecular complexity index is 1030. The Morgan fingerprint density at radius 3 is 2.54 bits per heavy atom. The molecule has 0 spiro atoms. The highest BCUT2D eigenvalue weighted by atomic mass is 32.2. The normalized spacial score (nSPS) is 17.8. The second kappa shape index (κ2) is 5.93. The third-order valence-corrected chi connectivity index (χ3v) is 6.43. The van der Waals surface area contributed by atoms with Gasteiger partial charge in [0, 0.05) is 11.0 Å². The first-order valence-electron chi connectivity index (χ1n) is 7.89. The van der Waals surface area contributed by atoms with Crippen LogP contribution in [0.4, 0.5) is 0 Å². The lowest BCUT2D eigenvalue weighted by Crippen LogP contribution is -2.29. The molecule has 0 bridgehead atoms. The number of aromatic carboxylic acids is 1. The smallest absolute Gasteiger partial charge is 0.335 e. The Morgan fingerprint density at radius 1 is 1.04 bits per heavy atom. The number of rotatable bonds is 3. The van der Waals surface area contributed by atoms with Gasteiger partial charge in [0.2, 0.25) is 5.16 Å². The molecule has 2 aromatic carbocycles. The van der Waals surface area contributed by atoms with Crippen molar-refractivity contribution in [3.05, 3.63) is 76.2 Å². The molecule has 0 unspecified atom stereocenters. The molecule has 0 radical (unpaired) electrons. The molecule has 0 amide bonds. The molecule has 26 heavy (non-hydrogen) atoms.